The molecule has 1 aliphatic carbocycles. The lowest BCUT2D eigenvalue weighted by molar-refractivity contribution is -0.00925. The Hall–Kier alpha value is -1.96. The van der Waals surface area contributed by atoms with Gasteiger partial charge in [0.05, 0.1) is 18.4 Å². The molecule has 1 aromatic carbocycles. The molecule has 2 aliphatic rings. The number of anilines is 1. The molecule has 1 saturated carbocycles. The molecule has 138 valence electrons. The van der Waals surface area contributed by atoms with Crippen LogP contribution in [0.5, 0.6) is 0 Å². The summed E-state index contributed by atoms with van der Waals surface area (Å²) in [5.74, 6) is 0.234. The number of halogens is 2. The van der Waals surface area contributed by atoms with Gasteiger partial charge in [-0.2, -0.15) is 5.10 Å². The molecule has 0 bridgehead atoms. The van der Waals surface area contributed by atoms with Gasteiger partial charge in [0.25, 0.3) is 5.56 Å². The molecule has 1 atom stereocenters. The van der Waals surface area contributed by atoms with Crippen molar-refractivity contribution in [3.8, 4) is 0 Å². The van der Waals surface area contributed by atoms with E-state index in [4.69, 9.17) is 11.6 Å². The average molecular weight is 379 g/mol. The van der Waals surface area contributed by atoms with Gasteiger partial charge in [0.15, 0.2) is 0 Å². The van der Waals surface area contributed by atoms with Gasteiger partial charge in [0.1, 0.15) is 17.1 Å². The molecule has 4 rings (SSSR count). The highest BCUT2D eigenvalue weighted by molar-refractivity contribution is 6.33. The summed E-state index contributed by atoms with van der Waals surface area (Å²) in [7, 11) is 0. The number of H-pyrrole nitrogens is 1. The monoisotopic (exact) mass is 378 g/mol. The van der Waals surface area contributed by atoms with Gasteiger partial charge in [-0.25, -0.2) is 9.49 Å². The van der Waals surface area contributed by atoms with E-state index in [0.29, 0.717) is 37.8 Å². The number of aromatic amines is 1. The molecule has 8 heteroatoms. The molecule has 0 amide bonds. The number of benzene rings is 1. The summed E-state index contributed by atoms with van der Waals surface area (Å²) in [5, 5.41) is 16.7. The van der Waals surface area contributed by atoms with Crippen LogP contribution in [0.3, 0.4) is 0 Å². The number of nitrogens with zero attached hydrogens (tertiary/aromatic N) is 3. The first kappa shape index (κ1) is 17.5. The summed E-state index contributed by atoms with van der Waals surface area (Å²) in [5.41, 5.74) is 2.20. The first-order valence-electron chi connectivity index (χ1n) is 8.71. The summed E-state index contributed by atoms with van der Waals surface area (Å²) in [6, 6.07) is 4.92. The zero-order valence-electron chi connectivity index (χ0n) is 14.2. The third-order valence-electron chi connectivity index (χ3n) is 5.08. The van der Waals surface area contributed by atoms with E-state index in [0.717, 1.165) is 24.0 Å². The number of nitrogens with one attached hydrogen (secondary N) is 1. The molecule has 2 N–H and O–H groups in total. The largest absolute Gasteiger partial charge is 0.376 e. The van der Waals surface area contributed by atoms with Crippen LogP contribution in [0, 0.1) is 5.82 Å². The molecule has 6 nitrogen and oxygen atoms in total. The van der Waals surface area contributed by atoms with Crippen LogP contribution in [-0.4, -0.2) is 46.1 Å². The second kappa shape index (κ2) is 6.98. The Morgan fingerprint density at radius 2 is 2.15 bits per heavy atom. The highest BCUT2D eigenvalue weighted by Gasteiger charge is 2.30. The van der Waals surface area contributed by atoms with Crippen molar-refractivity contribution in [1.29, 1.82) is 0 Å². The van der Waals surface area contributed by atoms with Crippen LogP contribution >= 0.6 is 11.6 Å². The molecular weight excluding hydrogens is 359 g/mol. The third-order valence-corrected chi connectivity index (χ3v) is 5.44. The topological polar surface area (TPSA) is 72.5 Å². The third kappa shape index (κ3) is 3.47. The molecule has 1 saturated heterocycles. The van der Waals surface area contributed by atoms with Crippen molar-refractivity contribution in [2.24, 2.45) is 0 Å². The number of hydrogen-bond acceptors (Lipinski definition) is 5. The lowest BCUT2D eigenvalue weighted by atomic mass is 10.0. The molecule has 2 fully saturated rings. The van der Waals surface area contributed by atoms with E-state index in [1.54, 1.807) is 6.07 Å². The van der Waals surface area contributed by atoms with Gasteiger partial charge in [-0.3, -0.25) is 9.69 Å². The van der Waals surface area contributed by atoms with Crippen molar-refractivity contribution in [2.75, 3.05) is 24.5 Å². The fourth-order valence-electron chi connectivity index (χ4n) is 3.50. The molecule has 2 heterocycles. The molecule has 1 aliphatic heterocycles. The molecule has 1 unspecified atom stereocenters. The van der Waals surface area contributed by atoms with Gasteiger partial charge in [-0.05, 0) is 42.0 Å². The highest BCUT2D eigenvalue weighted by atomic mass is 35.5. The maximum absolute atomic E-state index is 13.6. The standard InChI is InChI=1S/C18H20ClFN4O2/c19-17-15(8-21-22-18(17)26)23-5-6-24(16(25)10-23)9-12-3-4-13(20)7-14(12)11-1-2-11/h3-4,7-8,11,16,25H,1-2,5-6,9-10H2,(H,22,26). The number of hydrogen-bond donors (Lipinski definition) is 2. The van der Waals surface area contributed by atoms with Crippen molar-refractivity contribution in [1.82, 2.24) is 15.1 Å². The highest BCUT2D eigenvalue weighted by Crippen LogP contribution is 2.42. The minimum atomic E-state index is -0.712. The first-order chi connectivity index (χ1) is 12.5. The number of aliphatic hydroxyl groups excluding tert-OH is 1. The molecule has 0 radical (unpaired) electrons. The number of β-amino-alcohol motifs (C(OH)–C–C–N with tert-alkyl or cyclic N) is 1. The fourth-order valence-corrected chi connectivity index (χ4v) is 3.71. The smallest absolute Gasteiger partial charge is 0.285 e. The lowest BCUT2D eigenvalue weighted by Crippen LogP contribution is -2.53. The van der Waals surface area contributed by atoms with Gasteiger partial charge in [-0.1, -0.05) is 17.7 Å². The fraction of sp³-hybridized carbons (Fsp3) is 0.444. The van der Waals surface area contributed by atoms with E-state index in [9.17, 15) is 14.3 Å². The van der Waals surface area contributed by atoms with Crippen LogP contribution in [0.15, 0.2) is 29.2 Å². The maximum Gasteiger partial charge on any atom is 0.285 e. The van der Waals surface area contributed by atoms with Crippen molar-refractivity contribution < 1.29 is 9.50 Å². The molecule has 0 spiro atoms. The van der Waals surface area contributed by atoms with Crippen LogP contribution in [0.1, 0.15) is 29.9 Å². The molecule has 2 aromatic rings. The minimum Gasteiger partial charge on any atom is -0.376 e. The Morgan fingerprint density at radius 3 is 2.88 bits per heavy atom. The second-order valence-electron chi connectivity index (χ2n) is 6.91. The summed E-state index contributed by atoms with van der Waals surface area (Å²) >= 11 is 6.06. The Kier molecular flexibility index (Phi) is 4.69. The van der Waals surface area contributed by atoms with E-state index in [1.165, 1.54) is 12.3 Å². The number of piperazine rings is 1. The lowest BCUT2D eigenvalue weighted by Gasteiger charge is -2.40. The van der Waals surface area contributed by atoms with E-state index in [-0.39, 0.29) is 10.8 Å². The van der Waals surface area contributed by atoms with Gasteiger partial charge in [-0.15, -0.1) is 0 Å². The maximum atomic E-state index is 13.6. The summed E-state index contributed by atoms with van der Waals surface area (Å²) in [6.45, 7) is 2.11. The van der Waals surface area contributed by atoms with E-state index >= 15 is 0 Å². The van der Waals surface area contributed by atoms with Gasteiger partial charge in [0, 0.05) is 19.6 Å². The Balaban J connectivity index is 1.48. The summed E-state index contributed by atoms with van der Waals surface area (Å²) in [6.07, 6.45) is 2.98. The molecule has 1 aromatic heterocycles. The Labute approximate surface area is 155 Å². The molecule has 26 heavy (non-hydrogen) atoms. The first-order valence-corrected chi connectivity index (χ1v) is 9.09. The quantitative estimate of drug-likeness (QED) is 0.852. The number of rotatable bonds is 4. The van der Waals surface area contributed by atoms with Gasteiger partial charge in [0.2, 0.25) is 0 Å². The zero-order valence-corrected chi connectivity index (χ0v) is 14.9. The van der Waals surface area contributed by atoms with E-state index in [1.807, 2.05) is 15.9 Å². The van der Waals surface area contributed by atoms with Crippen LogP contribution < -0.4 is 10.5 Å². The number of aromatic nitrogens is 2. The van der Waals surface area contributed by atoms with Crippen molar-refractivity contribution >= 4 is 17.3 Å². The normalized spacial score (nSPS) is 21.2. The number of aliphatic hydroxyl groups is 1. The van der Waals surface area contributed by atoms with E-state index < -0.39 is 11.8 Å². The summed E-state index contributed by atoms with van der Waals surface area (Å²) in [4.78, 5) is 15.4. The van der Waals surface area contributed by atoms with Gasteiger partial charge >= 0.3 is 0 Å². The Bertz CT molecular complexity index is 871. The van der Waals surface area contributed by atoms with Crippen molar-refractivity contribution in [3.63, 3.8) is 0 Å². The van der Waals surface area contributed by atoms with Crippen molar-refractivity contribution in [3.05, 3.63) is 56.7 Å². The minimum absolute atomic E-state index is 0.0789. The molecular formula is C18H20ClFN4O2. The Morgan fingerprint density at radius 1 is 1.35 bits per heavy atom. The van der Waals surface area contributed by atoms with Crippen LogP contribution in [0.4, 0.5) is 10.1 Å². The second-order valence-corrected chi connectivity index (χ2v) is 7.29. The van der Waals surface area contributed by atoms with Crippen LogP contribution in [-0.2, 0) is 6.54 Å². The average Bonchev–Trinajstić information content (AvgIpc) is 3.45. The predicted octanol–water partition coefficient (Wildman–Crippen LogP) is 2.08. The van der Waals surface area contributed by atoms with E-state index in [2.05, 4.69) is 10.2 Å². The predicted molar refractivity (Wildman–Crippen MR) is 96.9 cm³/mol. The zero-order chi connectivity index (χ0) is 18.3. The SMILES string of the molecule is O=c1[nH]ncc(N2CCN(Cc3ccc(F)cc3C3CC3)C(O)C2)c1Cl. The van der Waals surface area contributed by atoms with Crippen LogP contribution in [0.25, 0.3) is 0 Å². The van der Waals surface area contributed by atoms with Crippen LogP contribution in [0.2, 0.25) is 5.02 Å². The van der Waals surface area contributed by atoms with Gasteiger partial charge < -0.3 is 10.0 Å². The summed E-state index contributed by atoms with van der Waals surface area (Å²) < 4.78 is 13.6. The van der Waals surface area contributed by atoms with Crippen molar-refractivity contribution in [2.45, 2.75) is 31.5 Å².